The second kappa shape index (κ2) is 5.07. The number of nitrogen functional groups attached to an aromatic ring is 1. The maximum atomic E-state index is 12.6. The molecule has 0 spiro atoms. The van der Waals surface area contributed by atoms with Gasteiger partial charge in [-0.05, 0) is 15.9 Å². The molecule has 2 rings (SSSR count). The molecule has 0 bridgehead atoms. The molecule has 0 aliphatic carbocycles. The summed E-state index contributed by atoms with van der Waals surface area (Å²) in [5.41, 5.74) is 3.61. The van der Waals surface area contributed by atoms with Crippen LogP contribution in [0.5, 0.6) is 0 Å². The monoisotopic (exact) mass is 350 g/mol. The van der Waals surface area contributed by atoms with Crippen molar-refractivity contribution in [3.63, 3.8) is 0 Å². The average molecular weight is 351 g/mol. The van der Waals surface area contributed by atoms with Crippen molar-refractivity contribution in [2.75, 3.05) is 11.1 Å². The van der Waals surface area contributed by atoms with E-state index >= 15 is 0 Å². The van der Waals surface area contributed by atoms with Crippen LogP contribution in [-0.4, -0.2) is 26.1 Å². The van der Waals surface area contributed by atoms with Gasteiger partial charge in [-0.1, -0.05) is 0 Å². The number of carbonyl (C=O) groups is 1. The number of rotatable bonds is 2. The van der Waals surface area contributed by atoms with Crippen molar-refractivity contribution in [1.29, 1.82) is 0 Å². The van der Waals surface area contributed by atoms with Crippen LogP contribution in [0.25, 0.3) is 0 Å². The number of amides is 1. The summed E-state index contributed by atoms with van der Waals surface area (Å²) in [6, 6.07) is 1.45. The molecule has 0 atom stereocenters. The highest BCUT2D eigenvalue weighted by Gasteiger charge is 2.37. The van der Waals surface area contributed by atoms with Gasteiger partial charge in [-0.25, -0.2) is 9.97 Å². The number of alkyl halides is 3. The predicted molar refractivity (Wildman–Crippen MR) is 65.7 cm³/mol. The third kappa shape index (κ3) is 2.87. The van der Waals surface area contributed by atoms with E-state index in [9.17, 15) is 18.0 Å². The number of nitrogens with two attached hydrogens (primary N) is 1. The summed E-state index contributed by atoms with van der Waals surface area (Å²) in [5, 5.41) is 8.36. The van der Waals surface area contributed by atoms with Crippen LogP contribution < -0.4 is 11.1 Å². The fourth-order valence-electron chi connectivity index (χ4n) is 1.28. The van der Waals surface area contributed by atoms with Crippen LogP contribution in [0.15, 0.2) is 16.9 Å². The lowest BCUT2D eigenvalue weighted by Gasteiger charge is -2.10. The molecule has 2 aromatic heterocycles. The van der Waals surface area contributed by atoms with Crippen molar-refractivity contribution in [2.24, 2.45) is 0 Å². The topological polar surface area (TPSA) is 110 Å². The number of hydrogen-bond acceptors (Lipinski definition) is 5. The van der Waals surface area contributed by atoms with Gasteiger partial charge in [0.25, 0.3) is 5.91 Å². The Hall–Kier alpha value is -2.17. The first-order valence-corrected chi connectivity index (χ1v) is 5.79. The minimum Gasteiger partial charge on any atom is -0.382 e. The average Bonchev–Trinajstić information content (AvgIpc) is 2.82. The zero-order chi connectivity index (χ0) is 14.9. The lowest BCUT2D eigenvalue weighted by molar-refractivity contribution is -0.142. The maximum absolute atomic E-state index is 12.6. The largest absolute Gasteiger partial charge is 0.436 e. The van der Waals surface area contributed by atoms with E-state index in [1.54, 1.807) is 0 Å². The molecule has 0 saturated carbocycles. The molecule has 0 aromatic carbocycles. The molecule has 0 fully saturated rings. The zero-order valence-electron chi connectivity index (χ0n) is 9.49. The number of H-pyrrole nitrogens is 1. The first kappa shape index (κ1) is 14.2. The Kier molecular flexibility index (Phi) is 3.61. The highest BCUT2D eigenvalue weighted by molar-refractivity contribution is 9.10. The van der Waals surface area contributed by atoms with Crippen LogP contribution >= 0.6 is 15.9 Å². The lowest BCUT2D eigenvalue weighted by atomic mass is 10.3. The van der Waals surface area contributed by atoms with Gasteiger partial charge in [0.2, 0.25) is 0 Å². The highest BCUT2D eigenvalue weighted by atomic mass is 79.9. The third-order valence-corrected chi connectivity index (χ3v) is 2.67. The number of carbonyl (C=O) groups excluding carboxylic acids is 1. The van der Waals surface area contributed by atoms with Gasteiger partial charge in [0, 0.05) is 6.07 Å². The quantitative estimate of drug-likeness (QED) is 0.765. The Morgan fingerprint density at radius 1 is 1.40 bits per heavy atom. The maximum Gasteiger partial charge on any atom is 0.436 e. The van der Waals surface area contributed by atoms with Crippen LogP contribution in [-0.2, 0) is 6.18 Å². The van der Waals surface area contributed by atoms with Crippen LogP contribution in [0.1, 0.15) is 16.2 Å². The summed E-state index contributed by atoms with van der Waals surface area (Å²) in [5.74, 6) is -1.20. The van der Waals surface area contributed by atoms with E-state index in [0.29, 0.717) is 0 Å². The number of anilines is 2. The fraction of sp³-hybridized carbons (Fsp3) is 0.111. The Morgan fingerprint density at radius 2 is 2.10 bits per heavy atom. The van der Waals surface area contributed by atoms with Gasteiger partial charge >= 0.3 is 6.18 Å². The Balaban J connectivity index is 2.34. The van der Waals surface area contributed by atoms with Gasteiger partial charge in [-0.15, -0.1) is 0 Å². The number of aromatic nitrogens is 4. The van der Waals surface area contributed by atoms with Crippen molar-refractivity contribution in [3.8, 4) is 0 Å². The van der Waals surface area contributed by atoms with Gasteiger partial charge in [-0.3, -0.25) is 9.89 Å². The minimum absolute atomic E-state index is 0.243. The fourth-order valence-corrected chi connectivity index (χ4v) is 1.77. The van der Waals surface area contributed by atoms with E-state index in [1.807, 2.05) is 0 Å². The predicted octanol–water partition coefficient (Wildman–Crippen LogP) is 1.82. The smallest absolute Gasteiger partial charge is 0.382 e. The summed E-state index contributed by atoms with van der Waals surface area (Å²) in [6.45, 7) is 0. The molecule has 2 aromatic rings. The van der Waals surface area contributed by atoms with Crippen molar-refractivity contribution < 1.29 is 18.0 Å². The summed E-state index contributed by atoms with van der Waals surface area (Å²) in [7, 11) is 0. The molecule has 20 heavy (non-hydrogen) atoms. The number of hydrogen-bond donors (Lipinski definition) is 3. The summed E-state index contributed by atoms with van der Waals surface area (Å²) in [4.78, 5) is 18.4. The van der Waals surface area contributed by atoms with Crippen LogP contribution in [0.2, 0.25) is 0 Å². The van der Waals surface area contributed by atoms with Crippen molar-refractivity contribution in [1.82, 2.24) is 20.2 Å². The number of nitrogens with one attached hydrogen (secondary N) is 2. The molecule has 0 saturated heterocycles. The van der Waals surface area contributed by atoms with Gasteiger partial charge in [0.1, 0.15) is 10.4 Å². The Labute approximate surface area is 117 Å². The van der Waals surface area contributed by atoms with Gasteiger partial charge < -0.3 is 11.1 Å². The number of aromatic amines is 1. The molecule has 2 heterocycles. The third-order valence-electron chi connectivity index (χ3n) is 2.11. The first-order valence-electron chi connectivity index (χ1n) is 5.00. The van der Waals surface area contributed by atoms with Crippen molar-refractivity contribution in [2.45, 2.75) is 6.18 Å². The molecular weight excluding hydrogens is 345 g/mol. The lowest BCUT2D eigenvalue weighted by Crippen LogP contribution is -2.20. The molecule has 1 amide bonds. The van der Waals surface area contributed by atoms with Gasteiger partial charge in [0.15, 0.2) is 17.2 Å². The van der Waals surface area contributed by atoms with Crippen LogP contribution in [0.3, 0.4) is 0 Å². The summed E-state index contributed by atoms with van der Waals surface area (Å²) < 4.78 is 37.1. The SMILES string of the molecule is Nc1nc(C(F)(F)F)c(Br)nc1C(=O)Nc1ccn[nH]1. The standard InChI is InChI=1S/C9H6BrF3N6O/c10-6-5(9(11,12)13)18-7(14)4(17-6)8(20)16-3-1-2-15-19-3/h1-2H,(H2,14,18)(H2,15,16,19,20). The molecule has 4 N–H and O–H groups in total. The molecule has 0 aliphatic heterocycles. The van der Waals surface area contributed by atoms with E-state index in [1.165, 1.54) is 12.3 Å². The Morgan fingerprint density at radius 3 is 2.65 bits per heavy atom. The van der Waals surface area contributed by atoms with E-state index in [2.05, 4.69) is 41.4 Å². The van der Waals surface area contributed by atoms with E-state index in [4.69, 9.17) is 5.73 Å². The highest BCUT2D eigenvalue weighted by Crippen LogP contribution is 2.33. The summed E-state index contributed by atoms with van der Waals surface area (Å²) >= 11 is 2.61. The Bertz CT molecular complexity index is 642. The van der Waals surface area contributed by atoms with Gasteiger partial charge in [0.05, 0.1) is 6.20 Å². The van der Waals surface area contributed by atoms with Gasteiger partial charge in [-0.2, -0.15) is 18.3 Å². The molecule has 11 heteroatoms. The van der Waals surface area contributed by atoms with Crippen molar-refractivity contribution >= 4 is 33.5 Å². The van der Waals surface area contributed by atoms with E-state index in [0.717, 1.165) is 0 Å². The van der Waals surface area contributed by atoms with E-state index < -0.39 is 33.9 Å². The van der Waals surface area contributed by atoms with Crippen LogP contribution in [0, 0.1) is 0 Å². The zero-order valence-corrected chi connectivity index (χ0v) is 11.1. The molecule has 7 nitrogen and oxygen atoms in total. The molecule has 0 radical (unpaired) electrons. The number of halogens is 4. The molecule has 0 unspecified atom stereocenters. The normalized spacial score (nSPS) is 11.4. The first-order chi connectivity index (χ1) is 9.29. The summed E-state index contributed by atoms with van der Waals surface area (Å²) in [6.07, 6.45) is -3.34. The molecule has 106 valence electrons. The second-order valence-corrected chi connectivity index (χ2v) is 4.27. The molecule has 0 aliphatic rings. The number of nitrogens with zero attached hydrogens (tertiary/aromatic N) is 3. The van der Waals surface area contributed by atoms with Crippen LogP contribution in [0.4, 0.5) is 24.8 Å². The van der Waals surface area contributed by atoms with Crippen molar-refractivity contribution in [3.05, 3.63) is 28.3 Å². The van der Waals surface area contributed by atoms with E-state index in [-0.39, 0.29) is 5.82 Å². The molecular formula is C9H6BrF3N6O. The second-order valence-electron chi connectivity index (χ2n) is 3.52. The minimum atomic E-state index is -4.72.